The molecule has 2 aliphatic heterocycles. The topological polar surface area (TPSA) is 51.1 Å². The van der Waals surface area contributed by atoms with Crippen molar-refractivity contribution in [2.24, 2.45) is 16.9 Å². The molecule has 0 aromatic heterocycles. The van der Waals surface area contributed by atoms with Crippen molar-refractivity contribution < 1.29 is 14.3 Å². The van der Waals surface area contributed by atoms with E-state index in [-0.39, 0.29) is 24.5 Å². The Balaban J connectivity index is 1.53. The van der Waals surface area contributed by atoms with E-state index >= 15 is 0 Å². The van der Waals surface area contributed by atoms with E-state index in [1.54, 1.807) is 5.01 Å². The Morgan fingerprint density at radius 2 is 1.74 bits per heavy atom. The molecule has 1 aliphatic carbocycles. The van der Waals surface area contributed by atoms with Crippen LogP contribution in [0.3, 0.4) is 0 Å². The Morgan fingerprint density at radius 3 is 2.59 bits per heavy atom. The van der Waals surface area contributed by atoms with Gasteiger partial charge in [-0.05, 0) is 36.6 Å². The molecule has 138 valence electrons. The van der Waals surface area contributed by atoms with Gasteiger partial charge in [0.05, 0.1) is 12.3 Å². The fraction of sp³-hybridized carbons (Fsp3) is 0.364. The molecule has 1 saturated carbocycles. The van der Waals surface area contributed by atoms with E-state index in [0.29, 0.717) is 6.54 Å². The van der Waals surface area contributed by atoms with Crippen molar-refractivity contribution in [2.75, 3.05) is 6.79 Å². The number of hydrogen-bond donors (Lipinski definition) is 0. The molecule has 2 heterocycles. The van der Waals surface area contributed by atoms with Gasteiger partial charge in [-0.3, -0.25) is 4.79 Å². The minimum absolute atomic E-state index is 0.0281. The molecule has 27 heavy (non-hydrogen) atoms. The highest BCUT2D eigenvalue weighted by molar-refractivity contribution is 6.07. The largest absolute Gasteiger partial charge is 0.454 e. The monoisotopic (exact) mass is 362 g/mol. The van der Waals surface area contributed by atoms with Crippen LogP contribution in [0.1, 0.15) is 36.8 Å². The number of amides is 1. The number of hydrogen-bond acceptors (Lipinski definition) is 4. The Bertz CT molecular complexity index is 894. The zero-order valence-electron chi connectivity index (χ0n) is 15.1. The van der Waals surface area contributed by atoms with Crippen LogP contribution >= 0.6 is 0 Å². The molecule has 0 spiro atoms. The molecule has 2 aromatic carbocycles. The third-order valence-electron chi connectivity index (χ3n) is 5.76. The first-order valence-electron chi connectivity index (χ1n) is 9.63. The summed E-state index contributed by atoms with van der Waals surface area (Å²) in [7, 11) is 0. The van der Waals surface area contributed by atoms with E-state index in [2.05, 4.69) is 0 Å². The lowest BCUT2D eigenvalue weighted by Gasteiger charge is -2.38. The molecule has 0 saturated heterocycles. The minimum atomic E-state index is 0.0281. The smallest absolute Gasteiger partial charge is 0.246 e. The average Bonchev–Trinajstić information content (AvgIpc) is 3.19. The SMILES string of the molecule is O=C1[C@@H]2CCCC[C@@H]2C(c2ccc3c(c2)OCO3)=NN1Cc1ccccc1. The van der Waals surface area contributed by atoms with E-state index in [9.17, 15) is 4.79 Å². The van der Waals surface area contributed by atoms with Crippen LogP contribution < -0.4 is 9.47 Å². The van der Waals surface area contributed by atoms with E-state index in [1.165, 1.54) is 0 Å². The zero-order valence-corrected chi connectivity index (χ0v) is 15.1. The fourth-order valence-electron chi connectivity index (χ4n) is 4.40. The standard InChI is InChI=1S/C22H22N2O3/c25-22-18-9-5-4-8-17(18)21(16-10-11-19-20(12-16)27-14-26-19)23-24(22)13-15-6-2-1-3-7-15/h1-3,6-7,10-12,17-18H,4-5,8-9,13-14H2/t17-,18+/m0/s1. The maximum absolute atomic E-state index is 13.1. The normalized spacial score (nSPS) is 23.8. The maximum Gasteiger partial charge on any atom is 0.246 e. The van der Waals surface area contributed by atoms with Gasteiger partial charge in [-0.25, -0.2) is 5.01 Å². The highest BCUT2D eigenvalue weighted by Gasteiger charge is 2.41. The lowest BCUT2D eigenvalue weighted by atomic mass is 9.73. The first-order chi connectivity index (χ1) is 13.3. The quantitative estimate of drug-likeness (QED) is 0.830. The molecule has 5 heteroatoms. The van der Waals surface area contributed by atoms with Crippen LogP contribution in [0.15, 0.2) is 53.6 Å². The minimum Gasteiger partial charge on any atom is -0.454 e. The van der Waals surface area contributed by atoms with Gasteiger partial charge in [0.2, 0.25) is 12.7 Å². The fourth-order valence-corrected chi connectivity index (χ4v) is 4.40. The highest BCUT2D eigenvalue weighted by atomic mass is 16.7. The first-order valence-corrected chi connectivity index (χ1v) is 9.63. The van der Waals surface area contributed by atoms with Crippen LogP contribution in [0.5, 0.6) is 11.5 Å². The summed E-state index contributed by atoms with van der Waals surface area (Å²) in [4.78, 5) is 13.1. The van der Waals surface area contributed by atoms with Crippen molar-refractivity contribution in [3.63, 3.8) is 0 Å². The molecule has 0 radical (unpaired) electrons. The molecule has 1 fully saturated rings. The van der Waals surface area contributed by atoms with Crippen molar-refractivity contribution in [1.82, 2.24) is 5.01 Å². The summed E-state index contributed by atoms with van der Waals surface area (Å²) >= 11 is 0. The van der Waals surface area contributed by atoms with Crippen molar-refractivity contribution in [2.45, 2.75) is 32.2 Å². The molecule has 5 rings (SSSR count). The van der Waals surface area contributed by atoms with Gasteiger partial charge < -0.3 is 9.47 Å². The predicted molar refractivity (Wildman–Crippen MR) is 102 cm³/mol. The number of carbonyl (C=O) groups is 1. The van der Waals surface area contributed by atoms with Gasteiger partial charge >= 0.3 is 0 Å². The van der Waals surface area contributed by atoms with Gasteiger partial charge in [-0.1, -0.05) is 43.2 Å². The molecule has 0 unspecified atom stereocenters. The molecule has 0 bridgehead atoms. The Labute approximate surface area is 158 Å². The van der Waals surface area contributed by atoms with Crippen LogP contribution in [0.25, 0.3) is 0 Å². The average molecular weight is 362 g/mol. The lowest BCUT2D eigenvalue weighted by Crippen LogP contribution is -2.45. The van der Waals surface area contributed by atoms with E-state index in [0.717, 1.165) is 54.0 Å². The first kappa shape index (κ1) is 16.4. The summed E-state index contributed by atoms with van der Waals surface area (Å²) in [6, 6.07) is 16.0. The van der Waals surface area contributed by atoms with Gasteiger partial charge in [-0.15, -0.1) is 0 Å². The van der Waals surface area contributed by atoms with E-state index < -0.39 is 0 Å². The Kier molecular flexibility index (Phi) is 4.07. The third-order valence-corrected chi connectivity index (χ3v) is 5.76. The predicted octanol–water partition coefficient (Wildman–Crippen LogP) is 3.97. The summed E-state index contributed by atoms with van der Waals surface area (Å²) < 4.78 is 11.0. The highest BCUT2D eigenvalue weighted by Crippen LogP contribution is 2.40. The molecule has 2 atom stereocenters. The summed E-state index contributed by atoms with van der Waals surface area (Å²) in [6.07, 6.45) is 4.22. The van der Waals surface area contributed by atoms with Gasteiger partial charge in [0.15, 0.2) is 11.5 Å². The number of rotatable bonds is 3. The van der Waals surface area contributed by atoms with Crippen molar-refractivity contribution in [3.8, 4) is 11.5 Å². The number of benzene rings is 2. The van der Waals surface area contributed by atoms with Crippen LogP contribution in [0.2, 0.25) is 0 Å². The van der Waals surface area contributed by atoms with Crippen LogP contribution in [0, 0.1) is 11.8 Å². The zero-order chi connectivity index (χ0) is 18.2. The number of fused-ring (bicyclic) bond motifs is 2. The molecular weight excluding hydrogens is 340 g/mol. The number of carbonyl (C=O) groups excluding carboxylic acids is 1. The van der Waals surface area contributed by atoms with Crippen LogP contribution in [0.4, 0.5) is 0 Å². The molecular formula is C22H22N2O3. The molecule has 3 aliphatic rings. The number of hydrazone groups is 1. The summed E-state index contributed by atoms with van der Waals surface area (Å²) in [5.41, 5.74) is 3.13. The molecule has 5 nitrogen and oxygen atoms in total. The van der Waals surface area contributed by atoms with Crippen LogP contribution in [-0.4, -0.2) is 23.4 Å². The van der Waals surface area contributed by atoms with Gasteiger partial charge in [0.25, 0.3) is 0 Å². The van der Waals surface area contributed by atoms with E-state index in [4.69, 9.17) is 14.6 Å². The second-order valence-corrected chi connectivity index (χ2v) is 7.43. The Hall–Kier alpha value is -2.82. The number of ether oxygens (including phenoxy) is 2. The molecule has 2 aromatic rings. The van der Waals surface area contributed by atoms with E-state index in [1.807, 2.05) is 48.5 Å². The van der Waals surface area contributed by atoms with Gasteiger partial charge in [0, 0.05) is 17.4 Å². The van der Waals surface area contributed by atoms with Crippen molar-refractivity contribution in [1.29, 1.82) is 0 Å². The second kappa shape index (κ2) is 6.72. The van der Waals surface area contributed by atoms with Gasteiger partial charge in [0.1, 0.15) is 0 Å². The summed E-state index contributed by atoms with van der Waals surface area (Å²) in [5.74, 6) is 1.91. The molecule has 1 amide bonds. The lowest BCUT2D eigenvalue weighted by molar-refractivity contribution is -0.139. The van der Waals surface area contributed by atoms with Crippen LogP contribution in [-0.2, 0) is 11.3 Å². The number of nitrogens with zero attached hydrogens (tertiary/aromatic N) is 2. The summed E-state index contributed by atoms with van der Waals surface area (Å²) in [5, 5.41) is 6.51. The maximum atomic E-state index is 13.1. The second-order valence-electron chi connectivity index (χ2n) is 7.43. The van der Waals surface area contributed by atoms with Crippen molar-refractivity contribution >= 4 is 11.6 Å². The van der Waals surface area contributed by atoms with Gasteiger partial charge in [-0.2, -0.15) is 5.10 Å². The Morgan fingerprint density at radius 1 is 0.963 bits per heavy atom. The van der Waals surface area contributed by atoms with Crippen molar-refractivity contribution in [3.05, 3.63) is 59.7 Å². The third kappa shape index (κ3) is 2.97. The molecule has 0 N–H and O–H groups in total. The summed E-state index contributed by atoms with van der Waals surface area (Å²) in [6.45, 7) is 0.771.